The Balaban J connectivity index is 2.25. The number of rotatable bonds is 5. The first-order valence-electron chi connectivity index (χ1n) is 6.46. The zero-order valence-electron chi connectivity index (χ0n) is 12.3. The summed E-state index contributed by atoms with van der Waals surface area (Å²) in [6.07, 6.45) is 3.75. The summed E-state index contributed by atoms with van der Waals surface area (Å²) in [5, 5.41) is 5.06. The Morgan fingerprint density at radius 1 is 0.864 bits per heavy atom. The first-order valence-corrected chi connectivity index (χ1v) is 8.01. The number of benzene rings is 2. The van der Waals surface area contributed by atoms with Crippen molar-refractivity contribution in [3.8, 4) is 11.5 Å². The van der Waals surface area contributed by atoms with E-state index in [0.717, 1.165) is 11.1 Å². The molecule has 5 nitrogen and oxygen atoms in total. The number of methoxy groups -OCH3 is 2. The van der Waals surface area contributed by atoms with Crippen LogP contribution < -0.4 is 14.6 Å². The van der Waals surface area contributed by atoms with Crippen LogP contribution in [0.15, 0.2) is 47.4 Å². The lowest BCUT2D eigenvalue weighted by molar-refractivity contribution is 0.394. The van der Waals surface area contributed by atoms with Crippen molar-refractivity contribution in [3.63, 3.8) is 0 Å². The van der Waals surface area contributed by atoms with E-state index in [0.29, 0.717) is 11.5 Å². The molecule has 0 atom stereocenters. The summed E-state index contributed by atoms with van der Waals surface area (Å²) < 4.78 is 32.8. The molecule has 0 saturated carbocycles. The van der Waals surface area contributed by atoms with Gasteiger partial charge in [0, 0.05) is 6.07 Å². The van der Waals surface area contributed by atoms with Crippen LogP contribution in [0, 0.1) is 0 Å². The average Bonchev–Trinajstić information content (AvgIpc) is 2.52. The van der Waals surface area contributed by atoms with E-state index in [1.54, 1.807) is 32.4 Å². The molecule has 0 heterocycles. The van der Waals surface area contributed by atoms with Gasteiger partial charge in [-0.2, -0.15) is 0 Å². The Kier molecular flexibility index (Phi) is 4.85. The minimum absolute atomic E-state index is 0.0905. The highest BCUT2D eigenvalue weighted by Gasteiger charge is 2.05. The van der Waals surface area contributed by atoms with Gasteiger partial charge in [0.05, 0.1) is 19.1 Å². The third-order valence-corrected chi connectivity index (χ3v) is 3.98. The van der Waals surface area contributed by atoms with Gasteiger partial charge >= 0.3 is 0 Å². The maximum absolute atomic E-state index is 11.2. The van der Waals surface area contributed by atoms with Crippen molar-refractivity contribution in [3.05, 3.63) is 53.6 Å². The fourth-order valence-electron chi connectivity index (χ4n) is 1.89. The van der Waals surface area contributed by atoms with Crippen molar-refractivity contribution < 1.29 is 17.9 Å². The van der Waals surface area contributed by atoms with E-state index in [9.17, 15) is 8.42 Å². The molecular formula is C16H17NO4S. The summed E-state index contributed by atoms with van der Waals surface area (Å²) in [6.45, 7) is 0. The molecule has 0 saturated heterocycles. The minimum atomic E-state index is -3.66. The highest BCUT2D eigenvalue weighted by Crippen LogP contribution is 2.24. The van der Waals surface area contributed by atoms with E-state index in [4.69, 9.17) is 14.6 Å². The number of sulfonamides is 1. The van der Waals surface area contributed by atoms with Crippen LogP contribution in [0.5, 0.6) is 11.5 Å². The third-order valence-electron chi connectivity index (χ3n) is 3.05. The van der Waals surface area contributed by atoms with Crippen molar-refractivity contribution in [2.45, 2.75) is 4.90 Å². The molecule has 0 radical (unpaired) electrons. The fraction of sp³-hybridized carbons (Fsp3) is 0.125. The Morgan fingerprint density at radius 2 is 1.36 bits per heavy atom. The maximum atomic E-state index is 11.2. The summed E-state index contributed by atoms with van der Waals surface area (Å²) in [4.78, 5) is 0.0905. The van der Waals surface area contributed by atoms with Gasteiger partial charge in [0.15, 0.2) is 0 Å². The highest BCUT2D eigenvalue weighted by molar-refractivity contribution is 7.89. The Labute approximate surface area is 130 Å². The molecule has 0 aromatic heterocycles. The Hall–Kier alpha value is -2.31. The quantitative estimate of drug-likeness (QED) is 0.859. The smallest absolute Gasteiger partial charge is 0.238 e. The normalized spacial score (nSPS) is 11.6. The monoisotopic (exact) mass is 319 g/mol. The van der Waals surface area contributed by atoms with Crippen LogP contribution in [0.4, 0.5) is 0 Å². The van der Waals surface area contributed by atoms with E-state index >= 15 is 0 Å². The predicted octanol–water partition coefficient (Wildman–Crippen LogP) is 2.52. The molecule has 2 aromatic carbocycles. The second kappa shape index (κ2) is 6.64. The molecule has 0 aliphatic heterocycles. The molecule has 2 rings (SSSR count). The first-order chi connectivity index (χ1) is 10.4. The first kappa shape index (κ1) is 16.1. The number of ether oxygens (including phenoxy) is 2. The number of primary sulfonamides is 1. The predicted molar refractivity (Wildman–Crippen MR) is 86.3 cm³/mol. The fourth-order valence-corrected chi connectivity index (χ4v) is 2.40. The summed E-state index contributed by atoms with van der Waals surface area (Å²) in [5.41, 5.74) is 1.76. The van der Waals surface area contributed by atoms with Gasteiger partial charge in [0.2, 0.25) is 10.0 Å². The standard InChI is InChI=1S/C16H17NO4S/c1-20-14-9-13(10-15(11-14)21-2)4-3-12-5-7-16(8-6-12)22(17,18)19/h3-11H,1-2H3,(H2,17,18,19)/b4-3+. The topological polar surface area (TPSA) is 78.6 Å². The number of hydrogen-bond donors (Lipinski definition) is 1. The molecule has 0 unspecified atom stereocenters. The maximum Gasteiger partial charge on any atom is 0.238 e. The van der Waals surface area contributed by atoms with E-state index < -0.39 is 10.0 Å². The van der Waals surface area contributed by atoms with Gasteiger partial charge in [-0.05, 0) is 35.4 Å². The lowest BCUT2D eigenvalue weighted by Gasteiger charge is -2.05. The minimum Gasteiger partial charge on any atom is -0.497 e. The highest BCUT2D eigenvalue weighted by atomic mass is 32.2. The van der Waals surface area contributed by atoms with Crippen LogP contribution in [0.3, 0.4) is 0 Å². The number of nitrogens with two attached hydrogens (primary N) is 1. The Bertz CT molecular complexity index is 758. The second-order valence-electron chi connectivity index (χ2n) is 4.59. The average molecular weight is 319 g/mol. The van der Waals surface area contributed by atoms with E-state index in [1.807, 2.05) is 24.3 Å². The molecule has 0 spiro atoms. The SMILES string of the molecule is COc1cc(/C=C/c2ccc(S(N)(=O)=O)cc2)cc(OC)c1. The van der Waals surface area contributed by atoms with Gasteiger partial charge in [-0.15, -0.1) is 0 Å². The second-order valence-corrected chi connectivity index (χ2v) is 6.15. The summed E-state index contributed by atoms with van der Waals surface area (Å²) in [6, 6.07) is 11.9. The molecule has 0 amide bonds. The summed E-state index contributed by atoms with van der Waals surface area (Å²) in [7, 11) is -0.479. The zero-order valence-corrected chi connectivity index (χ0v) is 13.1. The van der Waals surface area contributed by atoms with Gasteiger partial charge < -0.3 is 9.47 Å². The van der Waals surface area contributed by atoms with Crippen molar-refractivity contribution >= 4 is 22.2 Å². The van der Waals surface area contributed by atoms with Crippen LogP contribution in [0.1, 0.15) is 11.1 Å². The molecule has 0 aliphatic rings. The van der Waals surface area contributed by atoms with Crippen LogP contribution in [0.25, 0.3) is 12.2 Å². The molecular weight excluding hydrogens is 302 g/mol. The molecule has 2 N–H and O–H groups in total. The Morgan fingerprint density at radius 3 is 1.82 bits per heavy atom. The molecule has 22 heavy (non-hydrogen) atoms. The lowest BCUT2D eigenvalue weighted by Crippen LogP contribution is -2.11. The van der Waals surface area contributed by atoms with Crippen LogP contribution in [-0.2, 0) is 10.0 Å². The molecule has 0 bridgehead atoms. The summed E-state index contributed by atoms with van der Waals surface area (Å²) >= 11 is 0. The van der Waals surface area contributed by atoms with Crippen molar-refractivity contribution in [1.82, 2.24) is 0 Å². The van der Waals surface area contributed by atoms with E-state index in [2.05, 4.69) is 0 Å². The van der Waals surface area contributed by atoms with E-state index in [-0.39, 0.29) is 4.90 Å². The van der Waals surface area contributed by atoms with Crippen molar-refractivity contribution in [1.29, 1.82) is 0 Å². The van der Waals surface area contributed by atoms with E-state index in [1.165, 1.54) is 12.1 Å². The largest absolute Gasteiger partial charge is 0.497 e. The number of hydrogen-bond acceptors (Lipinski definition) is 4. The van der Waals surface area contributed by atoms with Gasteiger partial charge in [-0.1, -0.05) is 24.3 Å². The van der Waals surface area contributed by atoms with Gasteiger partial charge in [-0.3, -0.25) is 0 Å². The van der Waals surface area contributed by atoms with Gasteiger partial charge in [-0.25, -0.2) is 13.6 Å². The van der Waals surface area contributed by atoms with Crippen molar-refractivity contribution in [2.24, 2.45) is 5.14 Å². The molecule has 2 aromatic rings. The molecule has 6 heteroatoms. The summed E-state index contributed by atoms with van der Waals surface area (Å²) in [5.74, 6) is 1.40. The van der Waals surface area contributed by atoms with Crippen molar-refractivity contribution in [2.75, 3.05) is 14.2 Å². The lowest BCUT2D eigenvalue weighted by atomic mass is 10.1. The van der Waals surface area contributed by atoms with Crippen LogP contribution in [-0.4, -0.2) is 22.6 Å². The zero-order chi connectivity index (χ0) is 16.2. The van der Waals surface area contributed by atoms with Gasteiger partial charge in [0.25, 0.3) is 0 Å². The molecule has 116 valence electrons. The third kappa shape index (κ3) is 4.09. The van der Waals surface area contributed by atoms with Gasteiger partial charge in [0.1, 0.15) is 11.5 Å². The van der Waals surface area contributed by atoms with Crippen LogP contribution >= 0.6 is 0 Å². The van der Waals surface area contributed by atoms with Crippen LogP contribution in [0.2, 0.25) is 0 Å². The molecule has 0 fully saturated rings. The molecule has 0 aliphatic carbocycles.